The van der Waals surface area contributed by atoms with Crippen LogP contribution in [0.2, 0.25) is 0 Å². The highest BCUT2D eigenvalue weighted by Crippen LogP contribution is 2.29. The number of hydrogen-bond donors (Lipinski definition) is 1. The predicted molar refractivity (Wildman–Crippen MR) is 86.6 cm³/mol. The van der Waals surface area contributed by atoms with Crippen molar-refractivity contribution in [2.24, 2.45) is 0 Å². The van der Waals surface area contributed by atoms with Gasteiger partial charge in [0, 0.05) is 5.54 Å². The Kier molecular flexibility index (Phi) is 5.54. The molecule has 0 fully saturated rings. The van der Waals surface area contributed by atoms with E-state index in [1.54, 1.807) is 34.9 Å². The van der Waals surface area contributed by atoms with E-state index in [0.717, 1.165) is 32.5 Å². The highest BCUT2D eigenvalue weighted by Gasteiger charge is 2.11. The van der Waals surface area contributed by atoms with Gasteiger partial charge in [0.1, 0.15) is 11.5 Å². The summed E-state index contributed by atoms with van der Waals surface area (Å²) in [6, 6.07) is 4.06. The van der Waals surface area contributed by atoms with Crippen LogP contribution in [-0.2, 0) is 12.3 Å². The maximum atomic E-state index is 5.80. The minimum atomic E-state index is 0.0997. The van der Waals surface area contributed by atoms with Crippen molar-refractivity contribution in [2.45, 2.75) is 47.3 Å². The summed E-state index contributed by atoms with van der Waals surface area (Å²) >= 11 is 4.91. The average molecular weight is 330 g/mol. The molecule has 0 radical (unpaired) electrons. The van der Waals surface area contributed by atoms with Gasteiger partial charge in [0.2, 0.25) is 0 Å². The van der Waals surface area contributed by atoms with Crippen LogP contribution in [0, 0.1) is 0 Å². The minimum Gasteiger partial charge on any atom is -0.464 e. The summed E-state index contributed by atoms with van der Waals surface area (Å²) in [7, 11) is 0. The topological polar surface area (TPSA) is 51.0 Å². The Bertz CT molecular complexity index is 545. The Balaban J connectivity index is 1.83. The SMILES string of the molecule is CSc1nnc(SCc2ccc(CNC(C)(C)C)o2)s1. The second-order valence-electron chi connectivity index (χ2n) is 5.30. The lowest BCUT2D eigenvalue weighted by Crippen LogP contribution is -2.34. The molecular formula is C13H19N3OS3. The van der Waals surface area contributed by atoms with Crippen LogP contribution in [-0.4, -0.2) is 22.0 Å². The van der Waals surface area contributed by atoms with Crippen LogP contribution in [0.1, 0.15) is 32.3 Å². The molecule has 0 saturated heterocycles. The molecule has 0 bridgehead atoms. The van der Waals surface area contributed by atoms with E-state index in [4.69, 9.17) is 4.42 Å². The summed E-state index contributed by atoms with van der Waals surface area (Å²) < 4.78 is 7.79. The van der Waals surface area contributed by atoms with Crippen molar-refractivity contribution in [2.75, 3.05) is 6.26 Å². The van der Waals surface area contributed by atoms with Crippen molar-refractivity contribution in [1.82, 2.24) is 15.5 Å². The molecule has 0 atom stereocenters. The van der Waals surface area contributed by atoms with Gasteiger partial charge in [0.05, 0.1) is 12.3 Å². The molecule has 0 saturated carbocycles. The van der Waals surface area contributed by atoms with Gasteiger partial charge in [-0.05, 0) is 39.2 Å². The standard InChI is InChI=1S/C13H19N3OS3/c1-13(2,3)14-7-9-5-6-10(17-9)8-19-12-16-15-11(18-4)20-12/h5-6,14H,7-8H2,1-4H3. The normalized spacial score (nSPS) is 12.0. The van der Waals surface area contributed by atoms with Crippen LogP contribution in [0.4, 0.5) is 0 Å². The third kappa shape index (κ3) is 5.12. The smallest absolute Gasteiger partial charge is 0.175 e. The lowest BCUT2D eigenvalue weighted by molar-refractivity contribution is 0.382. The van der Waals surface area contributed by atoms with Crippen LogP contribution in [0.25, 0.3) is 0 Å². The second-order valence-corrected chi connectivity index (χ2v) is 8.55. The summed E-state index contributed by atoms with van der Waals surface area (Å²) in [6.07, 6.45) is 2.01. The third-order valence-electron chi connectivity index (χ3n) is 2.41. The van der Waals surface area contributed by atoms with Crippen molar-refractivity contribution in [3.05, 3.63) is 23.7 Å². The second kappa shape index (κ2) is 6.98. The number of aromatic nitrogens is 2. The summed E-state index contributed by atoms with van der Waals surface area (Å²) in [4.78, 5) is 0. The van der Waals surface area contributed by atoms with Crippen molar-refractivity contribution in [3.63, 3.8) is 0 Å². The molecule has 0 aromatic carbocycles. The number of rotatable bonds is 6. The fourth-order valence-corrected chi connectivity index (χ4v) is 3.75. The lowest BCUT2D eigenvalue weighted by Gasteiger charge is -2.19. The summed E-state index contributed by atoms with van der Waals surface area (Å²) in [5.41, 5.74) is 0.0997. The molecule has 7 heteroatoms. The third-order valence-corrected chi connectivity index (χ3v) is 5.47. The number of nitrogens with zero attached hydrogens (tertiary/aromatic N) is 2. The molecule has 1 N–H and O–H groups in total. The maximum Gasteiger partial charge on any atom is 0.175 e. The fourth-order valence-electron chi connectivity index (χ4n) is 1.42. The Morgan fingerprint density at radius 1 is 1.20 bits per heavy atom. The molecule has 2 aromatic heterocycles. The van der Waals surface area contributed by atoms with Gasteiger partial charge in [0.25, 0.3) is 0 Å². The van der Waals surface area contributed by atoms with Gasteiger partial charge in [-0.3, -0.25) is 0 Å². The highest BCUT2D eigenvalue weighted by atomic mass is 32.2. The molecule has 2 aromatic rings. The maximum absolute atomic E-state index is 5.80. The molecule has 2 heterocycles. The molecule has 110 valence electrons. The average Bonchev–Trinajstić information content (AvgIpc) is 3.02. The molecule has 0 aliphatic heterocycles. The van der Waals surface area contributed by atoms with E-state index in [0.29, 0.717) is 0 Å². The van der Waals surface area contributed by atoms with Crippen LogP contribution in [0.5, 0.6) is 0 Å². The largest absolute Gasteiger partial charge is 0.464 e. The number of furan rings is 1. The van der Waals surface area contributed by atoms with E-state index >= 15 is 0 Å². The van der Waals surface area contributed by atoms with Gasteiger partial charge in [-0.25, -0.2) is 0 Å². The molecule has 0 spiro atoms. The van der Waals surface area contributed by atoms with Crippen LogP contribution >= 0.6 is 34.9 Å². The van der Waals surface area contributed by atoms with E-state index in [1.165, 1.54) is 0 Å². The zero-order valence-corrected chi connectivity index (χ0v) is 14.5. The highest BCUT2D eigenvalue weighted by molar-refractivity contribution is 8.02. The molecule has 0 aliphatic carbocycles. The molecule has 0 aliphatic rings. The monoisotopic (exact) mass is 329 g/mol. The lowest BCUT2D eigenvalue weighted by atomic mass is 10.1. The Morgan fingerprint density at radius 3 is 2.55 bits per heavy atom. The first-order valence-electron chi connectivity index (χ1n) is 6.29. The van der Waals surface area contributed by atoms with E-state index in [9.17, 15) is 0 Å². The van der Waals surface area contributed by atoms with Gasteiger partial charge in [-0.15, -0.1) is 10.2 Å². The van der Waals surface area contributed by atoms with Crippen LogP contribution in [0.15, 0.2) is 25.2 Å². The quantitative estimate of drug-likeness (QED) is 0.807. The molecule has 4 nitrogen and oxygen atoms in total. The molecular weight excluding hydrogens is 310 g/mol. The van der Waals surface area contributed by atoms with E-state index < -0.39 is 0 Å². The van der Waals surface area contributed by atoms with Gasteiger partial charge < -0.3 is 9.73 Å². The molecule has 0 amide bonds. The van der Waals surface area contributed by atoms with Crippen LogP contribution < -0.4 is 5.32 Å². The Morgan fingerprint density at radius 2 is 1.90 bits per heavy atom. The van der Waals surface area contributed by atoms with Crippen molar-refractivity contribution in [1.29, 1.82) is 0 Å². The van der Waals surface area contributed by atoms with Crippen molar-refractivity contribution < 1.29 is 4.42 Å². The van der Waals surface area contributed by atoms with Gasteiger partial charge in [0.15, 0.2) is 8.68 Å². The number of thioether (sulfide) groups is 2. The van der Waals surface area contributed by atoms with Gasteiger partial charge >= 0.3 is 0 Å². The first-order valence-corrected chi connectivity index (χ1v) is 9.32. The Hall–Kier alpha value is -0.500. The van der Waals surface area contributed by atoms with Crippen LogP contribution in [0.3, 0.4) is 0 Å². The van der Waals surface area contributed by atoms with E-state index in [-0.39, 0.29) is 5.54 Å². The van der Waals surface area contributed by atoms with Gasteiger partial charge in [-0.1, -0.05) is 34.9 Å². The summed E-state index contributed by atoms with van der Waals surface area (Å²) in [5, 5.41) is 11.6. The summed E-state index contributed by atoms with van der Waals surface area (Å²) in [5.74, 6) is 2.73. The van der Waals surface area contributed by atoms with E-state index in [2.05, 4.69) is 36.3 Å². The first-order chi connectivity index (χ1) is 9.46. The van der Waals surface area contributed by atoms with Crippen molar-refractivity contribution in [3.8, 4) is 0 Å². The molecule has 0 unspecified atom stereocenters. The van der Waals surface area contributed by atoms with E-state index in [1.807, 2.05) is 18.4 Å². The molecule has 2 rings (SSSR count). The number of nitrogens with one attached hydrogen (secondary N) is 1. The minimum absolute atomic E-state index is 0.0997. The zero-order valence-electron chi connectivity index (χ0n) is 12.1. The first kappa shape index (κ1) is 15.9. The van der Waals surface area contributed by atoms with Crippen molar-refractivity contribution >= 4 is 34.9 Å². The zero-order chi connectivity index (χ0) is 14.6. The fraction of sp³-hybridized carbons (Fsp3) is 0.538. The number of hydrogen-bond acceptors (Lipinski definition) is 7. The Labute approximate surface area is 132 Å². The molecule has 20 heavy (non-hydrogen) atoms. The van der Waals surface area contributed by atoms with Gasteiger partial charge in [-0.2, -0.15) is 0 Å². The summed E-state index contributed by atoms with van der Waals surface area (Å²) in [6.45, 7) is 7.19. The predicted octanol–water partition coefficient (Wildman–Crippen LogP) is 4.03.